The van der Waals surface area contributed by atoms with E-state index >= 15 is 0 Å². The Kier molecular flexibility index (Phi) is 6.39. The summed E-state index contributed by atoms with van der Waals surface area (Å²) >= 11 is 1.87. The van der Waals surface area contributed by atoms with Gasteiger partial charge in [0.25, 0.3) is 0 Å². The van der Waals surface area contributed by atoms with Gasteiger partial charge in [0.15, 0.2) is 0 Å². The molecule has 0 radical (unpaired) electrons. The van der Waals surface area contributed by atoms with E-state index in [4.69, 9.17) is 4.42 Å². The van der Waals surface area contributed by atoms with Gasteiger partial charge < -0.3 is 9.32 Å². The average molecular weight is 644 g/mol. The second-order valence-electron chi connectivity index (χ2n) is 12.5. The zero-order valence-electron chi connectivity index (χ0n) is 26.5. The number of rotatable bonds is 5. The molecular weight excluding hydrogens is 615 g/mol. The van der Waals surface area contributed by atoms with Gasteiger partial charge in [0.2, 0.25) is 0 Å². The van der Waals surface area contributed by atoms with Crippen molar-refractivity contribution in [3.8, 4) is 22.3 Å². The number of nitrogens with zero attached hydrogens (tertiary/aromatic N) is 1. The molecule has 2 heterocycles. The first kappa shape index (κ1) is 27.9. The third-order valence-electron chi connectivity index (χ3n) is 9.69. The van der Waals surface area contributed by atoms with Crippen LogP contribution in [0.5, 0.6) is 0 Å². The number of anilines is 3. The van der Waals surface area contributed by atoms with Gasteiger partial charge in [0.05, 0.1) is 0 Å². The van der Waals surface area contributed by atoms with Crippen LogP contribution >= 0.6 is 11.3 Å². The van der Waals surface area contributed by atoms with Crippen molar-refractivity contribution in [2.75, 3.05) is 4.90 Å². The van der Waals surface area contributed by atoms with Crippen molar-refractivity contribution in [2.45, 2.75) is 0 Å². The van der Waals surface area contributed by atoms with Crippen molar-refractivity contribution >= 4 is 81.3 Å². The first-order valence-corrected chi connectivity index (χ1v) is 17.4. The molecule has 0 aliphatic carbocycles. The molecule has 8 aromatic carbocycles. The highest BCUT2D eigenvalue weighted by molar-refractivity contribution is 7.26. The summed E-state index contributed by atoms with van der Waals surface area (Å²) in [6.07, 6.45) is 0. The number of furan rings is 1. The zero-order valence-corrected chi connectivity index (χ0v) is 27.3. The Morgan fingerprint density at radius 2 is 0.918 bits per heavy atom. The maximum absolute atomic E-state index is 6.37. The maximum atomic E-state index is 6.37. The Balaban J connectivity index is 1.04. The van der Waals surface area contributed by atoms with Crippen LogP contribution in [-0.2, 0) is 0 Å². The molecular formula is C46H29NOS. The van der Waals surface area contributed by atoms with Gasteiger partial charge in [0, 0.05) is 53.4 Å². The van der Waals surface area contributed by atoms with Crippen LogP contribution in [-0.4, -0.2) is 0 Å². The van der Waals surface area contributed by atoms with Crippen LogP contribution in [0.1, 0.15) is 0 Å². The molecule has 0 saturated heterocycles. The van der Waals surface area contributed by atoms with Crippen molar-refractivity contribution in [3.05, 3.63) is 176 Å². The van der Waals surface area contributed by atoms with E-state index in [0.29, 0.717) is 0 Å². The number of hydrogen-bond donors (Lipinski definition) is 0. The number of thiophene rings is 1. The Morgan fingerprint density at radius 3 is 1.69 bits per heavy atom. The van der Waals surface area contributed by atoms with Crippen LogP contribution in [0.15, 0.2) is 180 Å². The lowest BCUT2D eigenvalue weighted by molar-refractivity contribution is 0.672. The van der Waals surface area contributed by atoms with E-state index in [-0.39, 0.29) is 0 Å². The molecule has 0 N–H and O–H groups in total. The normalized spacial score (nSPS) is 11.7. The summed E-state index contributed by atoms with van der Waals surface area (Å²) in [5, 5.41) is 7.27. The highest BCUT2D eigenvalue weighted by Gasteiger charge is 2.16. The number of benzene rings is 8. The Morgan fingerprint density at radius 1 is 0.367 bits per heavy atom. The topological polar surface area (TPSA) is 16.4 Å². The van der Waals surface area contributed by atoms with E-state index in [2.05, 4.69) is 169 Å². The molecule has 0 amide bonds. The minimum absolute atomic E-state index is 0.922. The van der Waals surface area contributed by atoms with Crippen molar-refractivity contribution in [3.63, 3.8) is 0 Å². The molecule has 0 fully saturated rings. The van der Waals surface area contributed by atoms with Gasteiger partial charge in [-0.05, 0) is 82.2 Å². The summed E-state index contributed by atoms with van der Waals surface area (Å²) < 4.78 is 9.03. The van der Waals surface area contributed by atoms with Crippen molar-refractivity contribution in [1.29, 1.82) is 0 Å². The first-order chi connectivity index (χ1) is 24.3. The number of para-hydroxylation sites is 2. The molecule has 0 aliphatic rings. The van der Waals surface area contributed by atoms with Crippen LogP contribution in [0, 0.1) is 0 Å². The van der Waals surface area contributed by atoms with Crippen molar-refractivity contribution in [2.24, 2.45) is 0 Å². The minimum atomic E-state index is 0.922. The fourth-order valence-corrected chi connectivity index (χ4v) is 8.61. The summed E-state index contributed by atoms with van der Waals surface area (Å²) in [5.74, 6) is 0. The summed E-state index contributed by atoms with van der Waals surface area (Å²) in [5.41, 5.74) is 10.1. The van der Waals surface area contributed by atoms with E-state index in [1.165, 1.54) is 47.8 Å². The Bertz CT molecular complexity index is 2810. The molecule has 10 aromatic rings. The van der Waals surface area contributed by atoms with Gasteiger partial charge in [-0.3, -0.25) is 0 Å². The smallest absolute Gasteiger partial charge is 0.143 e. The molecule has 10 rings (SSSR count). The van der Waals surface area contributed by atoms with E-state index in [0.717, 1.165) is 44.4 Å². The molecule has 0 unspecified atom stereocenters. The van der Waals surface area contributed by atoms with Gasteiger partial charge >= 0.3 is 0 Å². The second kappa shape index (κ2) is 11.2. The second-order valence-corrected chi connectivity index (χ2v) is 13.5. The molecule has 230 valence electrons. The van der Waals surface area contributed by atoms with Crippen LogP contribution in [0.3, 0.4) is 0 Å². The van der Waals surface area contributed by atoms with Gasteiger partial charge in [-0.25, -0.2) is 0 Å². The molecule has 3 heteroatoms. The van der Waals surface area contributed by atoms with Crippen LogP contribution in [0.4, 0.5) is 17.1 Å². The molecule has 2 nitrogen and oxygen atoms in total. The highest BCUT2D eigenvalue weighted by Crippen LogP contribution is 2.42. The third kappa shape index (κ3) is 4.55. The maximum Gasteiger partial charge on any atom is 0.143 e. The molecule has 49 heavy (non-hydrogen) atoms. The number of hydrogen-bond acceptors (Lipinski definition) is 3. The summed E-state index contributed by atoms with van der Waals surface area (Å²) in [6, 6.07) is 63.1. The molecule has 0 saturated carbocycles. The van der Waals surface area contributed by atoms with Crippen molar-refractivity contribution in [1.82, 2.24) is 0 Å². The van der Waals surface area contributed by atoms with Crippen LogP contribution in [0.25, 0.3) is 75.1 Å². The molecule has 0 spiro atoms. The van der Waals surface area contributed by atoms with Gasteiger partial charge in [-0.15, -0.1) is 11.3 Å². The monoisotopic (exact) mass is 643 g/mol. The first-order valence-electron chi connectivity index (χ1n) is 16.6. The fourth-order valence-electron chi connectivity index (χ4n) is 7.37. The summed E-state index contributed by atoms with van der Waals surface area (Å²) in [7, 11) is 0. The van der Waals surface area contributed by atoms with Gasteiger partial charge in [-0.2, -0.15) is 0 Å². The standard InChI is InChI=1S/C46H29NOS/c1-2-10-32(11-3-1)47(34-26-22-31(23-27-34)36-15-9-17-42-39-13-5-7-19-44(39)49-46(36)42)33-24-20-30(21-25-33)35-14-8-16-40-37(35)28-29-41-38-12-4-6-18-43(38)48-45(40)41/h1-29H. The lowest BCUT2D eigenvalue weighted by Gasteiger charge is -2.26. The highest BCUT2D eigenvalue weighted by atomic mass is 32.1. The summed E-state index contributed by atoms with van der Waals surface area (Å²) in [6.45, 7) is 0. The van der Waals surface area contributed by atoms with E-state index < -0.39 is 0 Å². The Hall–Kier alpha value is -6.16. The largest absolute Gasteiger partial charge is 0.455 e. The minimum Gasteiger partial charge on any atom is -0.455 e. The third-order valence-corrected chi connectivity index (χ3v) is 10.9. The van der Waals surface area contributed by atoms with E-state index in [1.54, 1.807) is 0 Å². The van der Waals surface area contributed by atoms with E-state index in [9.17, 15) is 0 Å². The predicted octanol–water partition coefficient (Wildman–Crippen LogP) is 13.9. The fraction of sp³-hybridized carbons (Fsp3) is 0. The lowest BCUT2D eigenvalue weighted by atomic mass is 9.96. The van der Waals surface area contributed by atoms with Crippen LogP contribution < -0.4 is 4.90 Å². The predicted molar refractivity (Wildman–Crippen MR) is 210 cm³/mol. The molecule has 2 aromatic heterocycles. The zero-order chi connectivity index (χ0) is 32.3. The molecule has 0 aliphatic heterocycles. The molecule has 0 atom stereocenters. The summed E-state index contributed by atoms with van der Waals surface area (Å²) in [4.78, 5) is 2.33. The van der Waals surface area contributed by atoms with Gasteiger partial charge in [0.1, 0.15) is 11.2 Å². The SMILES string of the molecule is c1ccc(N(c2ccc(-c3cccc4c3ccc3c5ccccc5oc43)cc2)c2ccc(-c3cccc4c3sc3ccccc34)cc2)cc1. The number of fused-ring (bicyclic) bond motifs is 8. The quantitative estimate of drug-likeness (QED) is 0.186. The average Bonchev–Trinajstić information content (AvgIpc) is 3.75. The van der Waals surface area contributed by atoms with Gasteiger partial charge in [-0.1, -0.05) is 121 Å². The van der Waals surface area contributed by atoms with Crippen LogP contribution in [0.2, 0.25) is 0 Å². The van der Waals surface area contributed by atoms with Crippen molar-refractivity contribution < 1.29 is 4.42 Å². The van der Waals surface area contributed by atoms with E-state index in [1.807, 2.05) is 23.5 Å². The lowest BCUT2D eigenvalue weighted by Crippen LogP contribution is -2.09. The molecule has 0 bridgehead atoms. The Labute approximate surface area is 287 Å².